The van der Waals surface area contributed by atoms with Gasteiger partial charge in [0.1, 0.15) is 11.2 Å². The van der Waals surface area contributed by atoms with E-state index in [0.29, 0.717) is 5.41 Å². The van der Waals surface area contributed by atoms with Gasteiger partial charge in [-0.2, -0.15) is 0 Å². The molecule has 5 nitrogen and oxygen atoms in total. The van der Waals surface area contributed by atoms with Crippen molar-refractivity contribution < 1.29 is 14.3 Å². The second kappa shape index (κ2) is 6.87. The summed E-state index contributed by atoms with van der Waals surface area (Å²) < 4.78 is 11.7. The number of nitrogens with zero attached hydrogens (tertiary/aromatic N) is 1. The third-order valence-corrected chi connectivity index (χ3v) is 5.96. The summed E-state index contributed by atoms with van der Waals surface area (Å²) in [7, 11) is 1.39. The number of hydrogen-bond acceptors (Lipinski definition) is 5. The van der Waals surface area contributed by atoms with Crippen LogP contribution in [0.4, 0.5) is 0 Å². The van der Waals surface area contributed by atoms with Crippen molar-refractivity contribution >= 4 is 21.9 Å². The monoisotopic (exact) mass is 382 g/mol. The maximum Gasteiger partial charge on any atom is 0.331 e. The molecule has 6 heteroatoms. The maximum atomic E-state index is 11.6. The first-order chi connectivity index (χ1) is 11.1. The van der Waals surface area contributed by atoms with Crippen molar-refractivity contribution in [3.8, 4) is 0 Å². The summed E-state index contributed by atoms with van der Waals surface area (Å²) in [6.07, 6.45) is 7.05. The molecule has 0 bridgehead atoms. The Bertz CT molecular complexity index is 575. The Labute approximate surface area is 145 Å². The van der Waals surface area contributed by atoms with Gasteiger partial charge in [0.05, 0.1) is 12.7 Å². The Hall–Kier alpha value is -0.980. The van der Waals surface area contributed by atoms with E-state index in [1.165, 1.54) is 7.11 Å². The number of halogens is 1. The summed E-state index contributed by atoms with van der Waals surface area (Å²) in [5, 5.41) is 3.44. The largest absolute Gasteiger partial charge is 0.467 e. The maximum absolute atomic E-state index is 11.6. The molecule has 1 aromatic rings. The summed E-state index contributed by atoms with van der Waals surface area (Å²) >= 11 is 3.56. The fraction of sp³-hybridized carbons (Fsp3) is 0.647. The number of aromatic nitrogens is 1. The van der Waals surface area contributed by atoms with Crippen molar-refractivity contribution in [2.45, 2.75) is 37.7 Å². The summed E-state index contributed by atoms with van der Waals surface area (Å²) in [6, 6.07) is 3.98. The molecule has 1 aliphatic carbocycles. The van der Waals surface area contributed by atoms with Crippen LogP contribution >= 0.6 is 15.9 Å². The summed E-state index contributed by atoms with van der Waals surface area (Å²) in [5.41, 5.74) is 0.884. The molecule has 23 heavy (non-hydrogen) atoms. The van der Waals surface area contributed by atoms with Gasteiger partial charge in [-0.25, -0.2) is 9.78 Å². The van der Waals surface area contributed by atoms with Crippen LogP contribution in [0.5, 0.6) is 0 Å². The van der Waals surface area contributed by atoms with Crippen molar-refractivity contribution in [1.82, 2.24) is 10.3 Å². The lowest BCUT2D eigenvalue weighted by Gasteiger charge is -2.37. The van der Waals surface area contributed by atoms with Gasteiger partial charge in [-0.15, -0.1) is 0 Å². The predicted octanol–water partition coefficient (Wildman–Crippen LogP) is 2.78. The van der Waals surface area contributed by atoms with E-state index in [2.05, 4.69) is 32.3 Å². The lowest BCUT2D eigenvalue weighted by molar-refractivity contribution is -0.154. The highest BCUT2D eigenvalue weighted by molar-refractivity contribution is 9.10. The average molecular weight is 383 g/mol. The fourth-order valence-corrected chi connectivity index (χ4v) is 4.66. The van der Waals surface area contributed by atoms with E-state index in [1.54, 1.807) is 6.20 Å². The minimum absolute atomic E-state index is 0.0217. The van der Waals surface area contributed by atoms with Crippen LogP contribution in [-0.4, -0.2) is 37.8 Å². The SMILES string of the molecule is COC(=O)COC1(c2cccnc2Br)CCC2(CCNCC2)C1. The Morgan fingerprint density at radius 3 is 2.83 bits per heavy atom. The number of nitrogens with one attached hydrogen (secondary N) is 1. The fourth-order valence-electron chi connectivity index (χ4n) is 4.05. The Morgan fingerprint density at radius 2 is 2.13 bits per heavy atom. The number of carbonyl (C=O) groups excluding carboxylic acids is 1. The van der Waals surface area contributed by atoms with Gasteiger partial charge in [-0.3, -0.25) is 0 Å². The van der Waals surface area contributed by atoms with E-state index in [0.717, 1.165) is 55.4 Å². The molecule has 1 N–H and O–H groups in total. The topological polar surface area (TPSA) is 60.5 Å². The average Bonchev–Trinajstić information content (AvgIpc) is 2.93. The smallest absolute Gasteiger partial charge is 0.331 e. The van der Waals surface area contributed by atoms with Crippen LogP contribution in [-0.2, 0) is 19.9 Å². The standard InChI is InChI=1S/C17H23BrN2O3/c1-22-14(21)11-23-17(13-3-2-8-20-15(13)18)5-4-16(12-17)6-9-19-10-7-16/h2-3,8,19H,4-7,9-12H2,1H3. The quantitative estimate of drug-likeness (QED) is 0.640. The number of pyridine rings is 1. The molecule has 1 spiro atoms. The summed E-state index contributed by atoms with van der Waals surface area (Å²) in [4.78, 5) is 16.0. The number of ether oxygens (including phenoxy) is 2. The van der Waals surface area contributed by atoms with E-state index in [9.17, 15) is 4.79 Å². The van der Waals surface area contributed by atoms with Crippen LogP contribution in [0.1, 0.15) is 37.7 Å². The van der Waals surface area contributed by atoms with Crippen LogP contribution in [0.2, 0.25) is 0 Å². The molecule has 2 heterocycles. The van der Waals surface area contributed by atoms with Crippen LogP contribution < -0.4 is 5.32 Å². The molecule has 0 radical (unpaired) electrons. The Kier molecular flexibility index (Phi) is 5.04. The molecule has 3 rings (SSSR count). The highest BCUT2D eigenvalue weighted by Gasteiger charge is 2.51. The molecule has 126 valence electrons. The third kappa shape index (κ3) is 3.44. The zero-order valence-electron chi connectivity index (χ0n) is 13.4. The van der Waals surface area contributed by atoms with Crippen molar-refractivity contribution in [3.05, 3.63) is 28.5 Å². The molecule has 0 aromatic carbocycles. The number of esters is 1. The van der Waals surface area contributed by atoms with Gasteiger partial charge < -0.3 is 14.8 Å². The minimum atomic E-state index is -0.460. The normalized spacial score (nSPS) is 26.3. The highest BCUT2D eigenvalue weighted by atomic mass is 79.9. The van der Waals surface area contributed by atoms with E-state index < -0.39 is 5.60 Å². The molecule has 1 atom stereocenters. The van der Waals surface area contributed by atoms with Gasteiger partial charge in [-0.05, 0) is 72.6 Å². The van der Waals surface area contributed by atoms with Gasteiger partial charge >= 0.3 is 5.97 Å². The van der Waals surface area contributed by atoms with E-state index in [4.69, 9.17) is 9.47 Å². The molecule has 1 aliphatic heterocycles. The first-order valence-corrected chi connectivity index (χ1v) is 8.91. The minimum Gasteiger partial charge on any atom is -0.467 e. The van der Waals surface area contributed by atoms with Gasteiger partial charge in [0.25, 0.3) is 0 Å². The van der Waals surface area contributed by atoms with Crippen molar-refractivity contribution in [3.63, 3.8) is 0 Å². The summed E-state index contributed by atoms with van der Waals surface area (Å²) in [5.74, 6) is -0.337. The molecule has 0 amide bonds. The Morgan fingerprint density at radius 1 is 1.35 bits per heavy atom. The van der Waals surface area contributed by atoms with Crippen molar-refractivity contribution in [2.24, 2.45) is 5.41 Å². The predicted molar refractivity (Wildman–Crippen MR) is 90.0 cm³/mol. The van der Waals surface area contributed by atoms with Crippen molar-refractivity contribution in [1.29, 1.82) is 0 Å². The molecule has 2 fully saturated rings. The van der Waals surface area contributed by atoms with Crippen LogP contribution in [0, 0.1) is 5.41 Å². The molecule has 2 aliphatic rings. The number of piperidine rings is 1. The molecule has 1 aromatic heterocycles. The van der Waals surface area contributed by atoms with Gasteiger partial charge in [-0.1, -0.05) is 6.07 Å². The highest BCUT2D eigenvalue weighted by Crippen LogP contribution is 2.56. The van der Waals surface area contributed by atoms with Gasteiger partial charge in [0.2, 0.25) is 0 Å². The third-order valence-electron chi connectivity index (χ3n) is 5.33. The van der Waals surface area contributed by atoms with Crippen LogP contribution in [0.3, 0.4) is 0 Å². The Balaban J connectivity index is 1.89. The molecular formula is C17H23BrN2O3. The molecule has 1 saturated heterocycles. The van der Waals surface area contributed by atoms with E-state index in [1.807, 2.05) is 6.07 Å². The molecule has 1 saturated carbocycles. The van der Waals surface area contributed by atoms with Crippen molar-refractivity contribution in [2.75, 3.05) is 26.8 Å². The first kappa shape index (κ1) is 16.9. The second-order valence-corrected chi connectivity index (χ2v) is 7.38. The van der Waals surface area contributed by atoms with Crippen LogP contribution in [0.25, 0.3) is 0 Å². The zero-order chi connectivity index (χ0) is 16.3. The number of carbonyl (C=O) groups is 1. The second-order valence-electron chi connectivity index (χ2n) is 6.63. The number of rotatable bonds is 4. The van der Waals surface area contributed by atoms with Gasteiger partial charge in [0, 0.05) is 11.8 Å². The lowest BCUT2D eigenvalue weighted by atomic mass is 9.75. The van der Waals surface area contributed by atoms with E-state index >= 15 is 0 Å². The number of methoxy groups -OCH3 is 1. The molecular weight excluding hydrogens is 360 g/mol. The van der Waals surface area contributed by atoms with Gasteiger partial charge in [0.15, 0.2) is 0 Å². The van der Waals surface area contributed by atoms with E-state index in [-0.39, 0.29) is 12.6 Å². The molecule has 1 unspecified atom stereocenters. The zero-order valence-corrected chi connectivity index (χ0v) is 15.0. The lowest BCUT2D eigenvalue weighted by Crippen LogP contribution is -2.38. The van der Waals surface area contributed by atoms with Crippen LogP contribution in [0.15, 0.2) is 22.9 Å². The summed E-state index contributed by atoms with van der Waals surface area (Å²) in [6.45, 7) is 2.09. The number of hydrogen-bond donors (Lipinski definition) is 1. The first-order valence-electron chi connectivity index (χ1n) is 8.12.